The quantitative estimate of drug-likeness (QED) is 0.483. The third-order valence-electron chi connectivity index (χ3n) is 7.80. The summed E-state index contributed by atoms with van der Waals surface area (Å²) < 4.78 is 55.7. The number of esters is 1. The highest BCUT2D eigenvalue weighted by Crippen LogP contribution is 2.44. The van der Waals surface area contributed by atoms with Gasteiger partial charge in [0.1, 0.15) is 12.3 Å². The molecule has 0 saturated carbocycles. The molecule has 38 heavy (non-hydrogen) atoms. The Bertz CT molecular complexity index is 1770. The summed E-state index contributed by atoms with van der Waals surface area (Å²) in [5.41, 5.74) is -3.70. The number of nitrogens with zero attached hydrogens (tertiary/aromatic N) is 3. The standard InChI is InChI=1S/C30H37N3O5/c1-9-32(7)29(5,6)24-19-11-18-14-33-23(25(18)31-22(19)10-17(4)26(24)37-8)12-21-20(27(33)34)15-38-28(35)30(21,36)13-16(2)3/h10-12,16,36H,9,13-15H2,1-8H3/t30-/m0/s1/i12D,14D2,15D2. The van der Waals surface area contributed by atoms with Crippen molar-refractivity contribution < 1.29 is 26.2 Å². The molecule has 1 aromatic carbocycles. The molecule has 2 aromatic heterocycles. The first-order chi connectivity index (χ1) is 19.8. The number of cyclic esters (lactones) is 1. The molecule has 2 aliphatic heterocycles. The lowest BCUT2D eigenvalue weighted by Gasteiger charge is -2.37. The van der Waals surface area contributed by atoms with Crippen LogP contribution < -0.4 is 10.3 Å². The molecule has 8 heteroatoms. The highest BCUT2D eigenvalue weighted by Gasteiger charge is 2.47. The highest BCUT2D eigenvalue weighted by atomic mass is 16.6. The Morgan fingerprint density at radius 3 is 2.71 bits per heavy atom. The molecule has 3 aromatic rings. The van der Waals surface area contributed by atoms with Crippen molar-refractivity contribution in [2.75, 3.05) is 20.7 Å². The first-order valence-corrected chi connectivity index (χ1v) is 12.8. The molecule has 0 amide bonds. The Labute approximate surface area is 230 Å². The van der Waals surface area contributed by atoms with Gasteiger partial charge in [-0.25, -0.2) is 9.78 Å². The second-order valence-electron chi connectivity index (χ2n) is 11.1. The second-order valence-corrected chi connectivity index (χ2v) is 11.1. The number of aromatic nitrogens is 2. The summed E-state index contributed by atoms with van der Waals surface area (Å²) in [5.74, 6) is -0.988. The Balaban J connectivity index is 1.94. The third-order valence-corrected chi connectivity index (χ3v) is 7.80. The predicted molar refractivity (Wildman–Crippen MR) is 146 cm³/mol. The number of carbonyl (C=O) groups excluding carboxylic acids is 1. The lowest BCUT2D eigenvalue weighted by atomic mass is 9.82. The predicted octanol–water partition coefficient (Wildman–Crippen LogP) is 4.22. The van der Waals surface area contributed by atoms with Crippen molar-refractivity contribution in [2.24, 2.45) is 5.92 Å². The molecule has 0 saturated heterocycles. The highest BCUT2D eigenvalue weighted by molar-refractivity contribution is 5.91. The normalized spacial score (nSPS) is 23.1. The smallest absolute Gasteiger partial charge is 0.343 e. The summed E-state index contributed by atoms with van der Waals surface area (Å²) in [5, 5.41) is 12.2. The largest absolute Gasteiger partial charge is 0.496 e. The Hall–Kier alpha value is -3.23. The minimum Gasteiger partial charge on any atom is -0.496 e. The minimum atomic E-state index is -3.00. The van der Waals surface area contributed by atoms with E-state index in [1.165, 1.54) is 0 Å². The summed E-state index contributed by atoms with van der Waals surface area (Å²) in [7, 11) is 3.54. The number of hydrogen-bond acceptors (Lipinski definition) is 7. The molecule has 0 radical (unpaired) electrons. The number of hydrogen-bond donors (Lipinski definition) is 1. The second kappa shape index (κ2) is 8.92. The number of aryl methyl sites for hydroxylation is 1. The van der Waals surface area contributed by atoms with Crippen LogP contribution in [0.1, 0.15) is 75.7 Å². The van der Waals surface area contributed by atoms with Crippen molar-refractivity contribution in [3.05, 3.63) is 56.3 Å². The third kappa shape index (κ3) is 3.68. The van der Waals surface area contributed by atoms with Crippen LogP contribution in [0.2, 0.25) is 0 Å². The van der Waals surface area contributed by atoms with E-state index in [0.29, 0.717) is 27.8 Å². The lowest BCUT2D eigenvalue weighted by Crippen LogP contribution is -2.45. The van der Waals surface area contributed by atoms with Crippen molar-refractivity contribution in [1.82, 2.24) is 14.5 Å². The van der Waals surface area contributed by atoms with Crippen LogP contribution in [0.5, 0.6) is 5.75 Å². The van der Waals surface area contributed by atoms with Crippen LogP contribution in [-0.4, -0.2) is 46.2 Å². The van der Waals surface area contributed by atoms with Gasteiger partial charge in [-0.15, -0.1) is 0 Å². The van der Waals surface area contributed by atoms with E-state index in [2.05, 4.69) is 4.90 Å². The fraction of sp³-hybridized carbons (Fsp3) is 0.500. The number of aliphatic hydroxyl groups is 1. The topological polar surface area (TPSA) is 93.9 Å². The lowest BCUT2D eigenvalue weighted by molar-refractivity contribution is -0.174. The van der Waals surface area contributed by atoms with Crippen molar-refractivity contribution >= 4 is 16.9 Å². The zero-order valence-corrected chi connectivity index (χ0v) is 23.1. The van der Waals surface area contributed by atoms with Gasteiger partial charge in [-0.05, 0) is 70.4 Å². The fourth-order valence-electron chi connectivity index (χ4n) is 5.56. The van der Waals surface area contributed by atoms with Gasteiger partial charge in [-0.3, -0.25) is 9.69 Å². The van der Waals surface area contributed by atoms with Crippen molar-refractivity contribution in [1.29, 1.82) is 0 Å². The van der Waals surface area contributed by atoms with Crippen LogP contribution >= 0.6 is 0 Å². The van der Waals surface area contributed by atoms with Crippen LogP contribution in [-0.2, 0) is 33.7 Å². The Morgan fingerprint density at radius 2 is 2.08 bits per heavy atom. The Morgan fingerprint density at radius 1 is 1.37 bits per heavy atom. The van der Waals surface area contributed by atoms with E-state index in [1.54, 1.807) is 33.1 Å². The average molecular weight is 525 g/mol. The van der Waals surface area contributed by atoms with E-state index in [-0.39, 0.29) is 29.3 Å². The molecule has 1 atom stereocenters. The number of methoxy groups -OCH3 is 1. The van der Waals surface area contributed by atoms with Gasteiger partial charge >= 0.3 is 5.97 Å². The van der Waals surface area contributed by atoms with Crippen molar-refractivity contribution in [3.63, 3.8) is 0 Å². The Kier molecular flexibility index (Phi) is 4.86. The summed E-state index contributed by atoms with van der Waals surface area (Å²) in [4.78, 5) is 34.1. The SMILES string of the molecule is [2H]c1c2c(c(=O)n3c1-c1nc4cc(C)c(OC)c(C(C)(C)N(C)CC)c4cc1C3([2H])[2H])C([2H])([2H])OC(=O)[C@]2(O)CC(C)C. The molecule has 4 heterocycles. The number of benzene rings is 1. The summed E-state index contributed by atoms with van der Waals surface area (Å²) in [6.45, 7) is 6.56. The van der Waals surface area contributed by atoms with Gasteiger partial charge in [-0.1, -0.05) is 20.8 Å². The maximum Gasteiger partial charge on any atom is 0.343 e. The van der Waals surface area contributed by atoms with Gasteiger partial charge < -0.3 is 19.1 Å². The van der Waals surface area contributed by atoms with Gasteiger partial charge in [0, 0.05) is 27.6 Å². The van der Waals surface area contributed by atoms with E-state index in [0.717, 1.165) is 11.1 Å². The fourth-order valence-corrected chi connectivity index (χ4v) is 5.56. The number of pyridine rings is 2. The van der Waals surface area contributed by atoms with Crippen LogP contribution in [0.4, 0.5) is 0 Å². The maximum absolute atomic E-state index is 14.1. The van der Waals surface area contributed by atoms with E-state index >= 15 is 0 Å². The van der Waals surface area contributed by atoms with Crippen LogP contribution in [0.25, 0.3) is 22.3 Å². The molecule has 0 fully saturated rings. The average Bonchev–Trinajstić information content (AvgIpc) is 3.12. The summed E-state index contributed by atoms with van der Waals surface area (Å²) >= 11 is 0. The van der Waals surface area contributed by atoms with E-state index in [4.69, 9.17) is 19.9 Å². The molecule has 0 spiro atoms. The van der Waals surface area contributed by atoms with Gasteiger partial charge in [0.2, 0.25) is 0 Å². The molecule has 0 bridgehead atoms. The van der Waals surface area contributed by atoms with E-state index in [1.807, 2.05) is 34.7 Å². The minimum absolute atomic E-state index is 0.00439. The number of rotatable bonds is 6. The first kappa shape index (κ1) is 20.7. The number of fused-ring (bicyclic) bond motifs is 5. The number of ether oxygens (including phenoxy) is 2. The number of carbonyl (C=O) groups is 1. The monoisotopic (exact) mass is 524 g/mol. The van der Waals surface area contributed by atoms with Crippen LogP contribution in [0.3, 0.4) is 0 Å². The van der Waals surface area contributed by atoms with Crippen molar-refractivity contribution in [2.45, 2.75) is 72.2 Å². The maximum atomic E-state index is 14.1. The van der Waals surface area contributed by atoms with Gasteiger partial charge in [0.25, 0.3) is 5.56 Å². The molecular formula is C30H37N3O5. The van der Waals surface area contributed by atoms with Gasteiger partial charge in [-0.2, -0.15) is 0 Å². The molecular weight excluding hydrogens is 482 g/mol. The molecule has 202 valence electrons. The molecule has 2 aliphatic rings. The van der Waals surface area contributed by atoms with E-state index in [9.17, 15) is 16.1 Å². The first-order valence-electron chi connectivity index (χ1n) is 15.3. The summed E-state index contributed by atoms with van der Waals surface area (Å²) in [6, 6.07) is 2.86. The van der Waals surface area contributed by atoms with Gasteiger partial charge in [0.15, 0.2) is 5.60 Å². The molecule has 0 aliphatic carbocycles. The molecule has 1 N–H and O–H groups in total. The van der Waals surface area contributed by atoms with Crippen molar-refractivity contribution in [3.8, 4) is 17.1 Å². The zero-order chi connectivity index (χ0) is 32.2. The zero-order valence-electron chi connectivity index (χ0n) is 28.1. The molecule has 8 nitrogen and oxygen atoms in total. The van der Waals surface area contributed by atoms with Crippen LogP contribution in [0, 0.1) is 12.8 Å². The van der Waals surface area contributed by atoms with Gasteiger partial charge in [0.05, 0.1) is 42.9 Å². The van der Waals surface area contributed by atoms with E-state index < -0.39 is 52.9 Å². The van der Waals surface area contributed by atoms with Crippen LogP contribution in [0.15, 0.2) is 23.0 Å². The molecule has 5 rings (SSSR count). The summed E-state index contributed by atoms with van der Waals surface area (Å²) in [6.07, 6.45) is -0.239. The molecule has 0 unspecified atom stereocenters.